The first-order chi connectivity index (χ1) is 17.3. The molecule has 4 rings (SSSR count). The molecule has 7 nitrogen and oxygen atoms in total. The molecule has 194 valence electrons. The van der Waals surface area contributed by atoms with E-state index < -0.39 is 27.3 Å². The minimum absolute atomic E-state index is 0.0311. The Labute approximate surface area is 212 Å². The fourth-order valence-electron chi connectivity index (χ4n) is 3.81. The molecule has 0 radical (unpaired) electrons. The fourth-order valence-corrected chi connectivity index (χ4v) is 5.48. The molecule has 1 heterocycles. The highest BCUT2D eigenvalue weighted by molar-refractivity contribution is 7.89. The summed E-state index contributed by atoms with van der Waals surface area (Å²) in [6.45, 7) is 4.41. The lowest BCUT2D eigenvalue weighted by Crippen LogP contribution is -2.46. The van der Waals surface area contributed by atoms with Crippen LogP contribution in [-0.4, -0.2) is 35.9 Å². The van der Waals surface area contributed by atoms with Crippen LogP contribution in [0.3, 0.4) is 0 Å². The van der Waals surface area contributed by atoms with Crippen LogP contribution in [0, 0.1) is 6.92 Å². The van der Waals surface area contributed by atoms with Crippen molar-refractivity contribution in [3.8, 4) is 11.3 Å². The van der Waals surface area contributed by atoms with E-state index in [1.165, 1.54) is 18.2 Å². The first-order valence-corrected chi connectivity index (χ1v) is 12.7. The van der Waals surface area contributed by atoms with E-state index in [4.69, 9.17) is 0 Å². The van der Waals surface area contributed by atoms with Gasteiger partial charge in [-0.1, -0.05) is 42.5 Å². The van der Waals surface area contributed by atoms with Crippen molar-refractivity contribution in [3.63, 3.8) is 0 Å². The molecule has 11 heteroatoms. The molecule has 0 fully saturated rings. The van der Waals surface area contributed by atoms with E-state index in [-0.39, 0.29) is 23.0 Å². The van der Waals surface area contributed by atoms with Crippen LogP contribution in [0.15, 0.2) is 71.6 Å². The number of aliphatic hydroxyl groups excluding tert-OH is 1. The second-order valence-corrected chi connectivity index (χ2v) is 10.9. The summed E-state index contributed by atoms with van der Waals surface area (Å²) < 4.78 is 68.1. The molecule has 0 bridgehead atoms. The Morgan fingerprint density at radius 2 is 1.62 bits per heavy atom. The highest BCUT2D eigenvalue weighted by Gasteiger charge is 2.30. The van der Waals surface area contributed by atoms with E-state index in [1.807, 2.05) is 0 Å². The Balaban J connectivity index is 1.78. The maximum atomic E-state index is 13.1. The van der Waals surface area contributed by atoms with Crippen LogP contribution in [0.5, 0.6) is 0 Å². The number of aromatic nitrogens is 2. The van der Waals surface area contributed by atoms with Crippen molar-refractivity contribution < 1.29 is 26.7 Å². The number of sulfonamides is 1. The van der Waals surface area contributed by atoms with Crippen LogP contribution in [0.4, 0.5) is 24.7 Å². The molecule has 0 saturated carbocycles. The predicted octanol–water partition coefficient (Wildman–Crippen LogP) is 5.42. The zero-order valence-corrected chi connectivity index (χ0v) is 21.1. The summed E-state index contributed by atoms with van der Waals surface area (Å²) in [6.07, 6.45) is -4.49. The average molecular weight is 531 g/mol. The molecule has 0 aliphatic heterocycles. The van der Waals surface area contributed by atoms with Crippen molar-refractivity contribution in [2.24, 2.45) is 0 Å². The summed E-state index contributed by atoms with van der Waals surface area (Å²) in [6, 6.07) is 16.7. The Morgan fingerprint density at radius 3 is 2.30 bits per heavy atom. The largest absolute Gasteiger partial charge is 0.416 e. The molecule has 0 spiro atoms. The number of hydrogen-bond acceptors (Lipinski definition) is 6. The Bertz CT molecular complexity index is 1570. The van der Waals surface area contributed by atoms with Gasteiger partial charge in [0.2, 0.25) is 10.0 Å². The zero-order valence-electron chi connectivity index (χ0n) is 20.3. The minimum atomic E-state index is -4.49. The third-order valence-corrected chi connectivity index (χ3v) is 7.54. The van der Waals surface area contributed by atoms with Gasteiger partial charge in [-0.2, -0.15) is 13.2 Å². The van der Waals surface area contributed by atoms with Gasteiger partial charge in [0.05, 0.1) is 22.6 Å². The Hall–Kier alpha value is -3.54. The Morgan fingerprint density at radius 1 is 0.919 bits per heavy atom. The van der Waals surface area contributed by atoms with E-state index in [0.717, 1.165) is 12.1 Å². The van der Waals surface area contributed by atoms with Crippen molar-refractivity contribution in [2.45, 2.75) is 37.4 Å². The fraction of sp³-hybridized carbons (Fsp3) is 0.231. The minimum Gasteiger partial charge on any atom is -0.394 e. The lowest BCUT2D eigenvalue weighted by atomic mass is 10.0. The highest BCUT2D eigenvalue weighted by Crippen LogP contribution is 2.35. The van der Waals surface area contributed by atoms with Crippen molar-refractivity contribution >= 4 is 32.3 Å². The number of anilines is 2. The molecule has 0 aliphatic carbocycles. The van der Waals surface area contributed by atoms with E-state index >= 15 is 0 Å². The van der Waals surface area contributed by atoms with E-state index in [2.05, 4.69) is 20.2 Å². The molecular formula is C26H25F3N4O3S. The first kappa shape index (κ1) is 26.5. The van der Waals surface area contributed by atoms with Gasteiger partial charge < -0.3 is 10.4 Å². The molecule has 37 heavy (non-hydrogen) atoms. The van der Waals surface area contributed by atoms with Crippen molar-refractivity contribution in [1.29, 1.82) is 0 Å². The van der Waals surface area contributed by atoms with Gasteiger partial charge in [-0.15, -0.1) is 10.2 Å². The number of aliphatic hydroxyl groups is 1. The standard InChI is InChI=1S/C26H25F3N4O3S/c1-16-11-12-17(13-22(16)37(35,36)33-25(2,3)15-34)23-20-9-4-5-10-21(20)24(32-31-23)30-19-8-6-7-18(14-19)26(27,28)29/h4-14,33-34H,15H2,1-3H3,(H,30,32). The molecule has 0 aliphatic rings. The average Bonchev–Trinajstić information content (AvgIpc) is 2.84. The molecule has 0 saturated heterocycles. The van der Waals surface area contributed by atoms with Gasteiger partial charge in [0, 0.05) is 22.0 Å². The van der Waals surface area contributed by atoms with Crippen molar-refractivity contribution in [1.82, 2.24) is 14.9 Å². The lowest BCUT2D eigenvalue weighted by Gasteiger charge is -2.24. The van der Waals surface area contributed by atoms with Gasteiger partial charge >= 0.3 is 6.18 Å². The summed E-state index contributed by atoms with van der Waals surface area (Å²) in [7, 11) is -3.97. The van der Waals surface area contributed by atoms with Crippen LogP contribution < -0.4 is 10.0 Å². The summed E-state index contributed by atoms with van der Waals surface area (Å²) in [5, 5.41) is 22.2. The normalized spacial score (nSPS) is 12.6. The van der Waals surface area contributed by atoms with Crippen LogP contribution in [0.25, 0.3) is 22.0 Å². The third-order valence-electron chi connectivity index (χ3n) is 5.70. The second-order valence-electron chi connectivity index (χ2n) is 9.27. The van der Waals surface area contributed by atoms with E-state index in [1.54, 1.807) is 57.2 Å². The topological polar surface area (TPSA) is 104 Å². The van der Waals surface area contributed by atoms with Gasteiger partial charge in [-0.25, -0.2) is 13.1 Å². The van der Waals surface area contributed by atoms with Gasteiger partial charge in [0.15, 0.2) is 5.82 Å². The SMILES string of the molecule is Cc1ccc(-c2nnc(Nc3cccc(C(F)(F)F)c3)c3ccccc23)cc1S(=O)(=O)NC(C)(C)CO. The highest BCUT2D eigenvalue weighted by atomic mass is 32.2. The number of aryl methyl sites for hydroxylation is 1. The summed E-state index contributed by atoms with van der Waals surface area (Å²) in [5.41, 5.74) is -0.263. The first-order valence-electron chi connectivity index (χ1n) is 11.3. The van der Waals surface area contributed by atoms with Crippen molar-refractivity contribution in [2.75, 3.05) is 11.9 Å². The van der Waals surface area contributed by atoms with E-state index in [0.29, 0.717) is 27.6 Å². The third kappa shape index (κ3) is 5.74. The van der Waals surface area contributed by atoms with Crippen LogP contribution in [0.1, 0.15) is 25.0 Å². The van der Waals surface area contributed by atoms with Crippen LogP contribution >= 0.6 is 0 Å². The molecular weight excluding hydrogens is 505 g/mol. The molecule has 3 N–H and O–H groups in total. The molecule has 1 aromatic heterocycles. The molecule has 3 aromatic carbocycles. The summed E-state index contributed by atoms with van der Waals surface area (Å²) in [5.74, 6) is 0.255. The lowest BCUT2D eigenvalue weighted by molar-refractivity contribution is -0.137. The number of nitrogens with one attached hydrogen (secondary N) is 2. The van der Waals surface area contributed by atoms with Gasteiger partial charge in [0.25, 0.3) is 0 Å². The number of hydrogen-bond donors (Lipinski definition) is 3. The maximum Gasteiger partial charge on any atom is 0.416 e. The van der Waals surface area contributed by atoms with Gasteiger partial charge in [-0.3, -0.25) is 0 Å². The zero-order chi connectivity index (χ0) is 27.0. The van der Waals surface area contributed by atoms with E-state index in [9.17, 15) is 26.7 Å². The van der Waals surface area contributed by atoms with Crippen molar-refractivity contribution in [3.05, 3.63) is 77.9 Å². The maximum absolute atomic E-state index is 13.1. The van der Waals surface area contributed by atoms with Crippen LogP contribution in [0.2, 0.25) is 0 Å². The number of fused-ring (bicyclic) bond motifs is 1. The number of rotatable bonds is 7. The number of benzene rings is 3. The summed E-state index contributed by atoms with van der Waals surface area (Å²) >= 11 is 0. The van der Waals surface area contributed by atoms with Crippen LogP contribution in [-0.2, 0) is 16.2 Å². The van der Waals surface area contributed by atoms with Gasteiger partial charge in [0.1, 0.15) is 5.69 Å². The quantitative estimate of drug-likeness (QED) is 0.295. The Kier molecular flexibility index (Phi) is 6.97. The smallest absolute Gasteiger partial charge is 0.394 e. The summed E-state index contributed by atoms with van der Waals surface area (Å²) in [4.78, 5) is 0.0311. The molecule has 0 unspecified atom stereocenters. The number of nitrogens with zero attached hydrogens (tertiary/aromatic N) is 2. The number of alkyl halides is 3. The molecule has 0 amide bonds. The molecule has 0 atom stereocenters. The predicted molar refractivity (Wildman–Crippen MR) is 136 cm³/mol. The number of halogens is 3. The monoisotopic (exact) mass is 530 g/mol. The second kappa shape index (κ2) is 9.73. The van der Waals surface area contributed by atoms with Gasteiger partial charge in [-0.05, 0) is 50.6 Å². The molecule has 4 aromatic rings.